The van der Waals surface area contributed by atoms with Gasteiger partial charge in [0.05, 0.1) is 35.4 Å². The smallest absolute Gasteiger partial charge is 0.325 e. The molecule has 0 aliphatic carbocycles. The molecule has 9 nitrogen and oxygen atoms in total. The van der Waals surface area contributed by atoms with Gasteiger partial charge in [0.2, 0.25) is 6.33 Å². The Hall–Kier alpha value is -4.35. The number of nitrogens with one attached hydrogen (secondary N) is 1. The van der Waals surface area contributed by atoms with Crippen LogP contribution in [0.3, 0.4) is 0 Å². The van der Waals surface area contributed by atoms with Crippen molar-refractivity contribution < 1.29 is 45.0 Å². The van der Waals surface area contributed by atoms with Gasteiger partial charge in [0.1, 0.15) is 29.5 Å². The number of carbonyl (C=O) groups is 1. The fourth-order valence-corrected chi connectivity index (χ4v) is 6.38. The SMILES string of the molecule is CNCC(=O)Oc1c(C)cc(C[n+]2cnn(C[C@](O)(c3ccc(F)cc3F)[C@@H](C)c3nc(-c4ccc(C#N)cc4)cs3)c2)cc1C.[Br-]. The molecule has 0 aliphatic rings. The quantitative estimate of drug-likeness (QED) is 0.122. The van der Waals surface area contributed by atoms with Crippen LogP contribution in [0, 0.1) is 36.8 Å². The molecule has 0 aliphatic heterocycles. The number of hydrogen-bond acceptors (Lipinski definition) is 8. The van der Waals surface area contributed by atoms with E-state index in [9.17, 15) is 14.3 Å². The predicted molar refractivity (Wildman–Crippen MR) is 168 cm³/mol. The first-order chi connectivity index (χ1) is 22.0. The van der Waals surface area contributed by atoms with E-state index in [2.05, 4.69) is 16.5 Å². The summed E-state index contributed by atoms with van der Waals surface area (Å²) < 4.78 is 38.0. The van der Waals surface area contributed by atoms with E-state index in [1.54, 1.807) is 50.9 Å². The fourth-order valence-electron chi connectivity index (χ4n) is 5.41. The minimum atomic E-state index is -1.85. The van der Waals surface area contributed by atoms with Gasteiger partial charge >= 0.3 is 5.97 Å². The van der Waals surface area contributed by atoms with Crippen LogP contribution in [0.4, 0.5) is 8.78 Å². The lowest BCUT2D eigenvalue weighted by Gasteiger charge is -2.32. The Bertz CT molecular complexity index is 1900. The van der Waals surface area contributed by atoms with E-state index >= 15 is 4.39 Å². The van der Waals surface area contributed by atoms with Gasteiger partial charge in [0, 0.05) is 33.6 Å². The van der Waals surface area contributed by atoms with Gasteiger partial charge in [-0.05, 0) is 67.9 Å². The van der Waals surface area contributed by atoms with Crippen LogP contribution in [0.5, 0.6) is 5.75 Å². The van der Waals surface area contributed by atoms with Crippen molar-refractivity contribution in [2.45, 2.75) is 45.4 Å². The number of ether oxygens (including phenoxy) is 1. The van der Waals surface area contributed by atoms with Crippen LogP contribution in [0.1, 0.15) is 45.7 Å². The highest BCUT2D eigenvalue weighted by molar-refractivity contribution is 7.10. The zero-order valence-electron chi connectivity index (χ0n) is 26.2. The Balaban J connectivity index is 0.00000500. The number of carbonyl (C=O) groups excluding carboxylic acids is 1. The predicted octanol–water partition coefficient (Wildman–Crippen LogP) is 1.93. The second-order valence-corrected chi connectivity index (χ2v) is 12.1. The monoisotopic (exact) mass is 722 g/mol. The van der Waals surface area contributed by atoms with E-state index in [-0.39, 0.29) is 41.6 Å². The van der Waals surface area contributed by atoms with E-state index in [1.807, 2.05) is 35.9 Å². The average molecular weight is 724 g/mol. The first-order valence-corrected chi connectivity index (χ1v) is 15.4. The van der Waals surface area contributed by atoms with Crippen LogP contribution in [0.25, 0.3) is 11.3 Å². The number of rotatable bonds is 11. The maximum absolute atomic E-state index is 15.3. The lowest BCUT2D eigenvalue weighted by atomic mass is 9.82. The number of aliphatic hydroxyl groups is 1. The number of thiazole rings is 1. The van der Waals surface area contributed by atoms with Crippen LogP contribution in [0.2, 0.25) is 0 Å². The Morgan fingerprint density at radius 1 is 1.17 bits per heavy atom. The van der Waals surface area contributed by atoms with E-state index in [1.165, 1.54) is 22.1 Å². The number of aryl methyl sites for hydroxylation is 2. The zero-order chi connectivity index (χ0) is 33.0. The van der Waals surface area contributed by atoms with Gasteiger partial charge in [-0.25, -0.2) is 18.3 Å². The largest absolute Gasteiger partial charge is 1.00 e. The minimum absolute atomic E-state index is 0. The molecule has 0 radical (unpaired) electrons. The Morgan fingerprint density at radius 2 is 1.87 bits per heavy atom. The maximum Gasteiger partial charge on any atom is 0.325 e. The maximum atomic E-state index is 15.3. The van der Waals surface area contributed by atoms with Crippen molar-refractivity contribution in [3.05, 3.63) is 117 Å². The highest BCUT2D eigenvalue weighted by atomic mass is 79.9. The molecule has 5 aromatic rings. The van der Waals surface area contributed by atoms with Gasteiger partial charge in [-0.1, -0.05) is 25.1 Å². The summed E-state index contributed by atoms with van der Waals surface area (Å²) in [6.45, 7) is 5.88. The molecule has 3 aromatic carbocycles. The molecule has 13 heteroatoms. The number of hydrogen-bond donors (Lipinski definition) is 2. The summed E-state index contributed by atoms with van der Waals surface area (Å²) in [6.07, 6.45) is 3.30. The summed E-state index contributed by atoms with van der Waals surface area (Å²) in [6, 6.07) is 16.1. The number of likely N-dealkylation sites (N-methyl/N-ethyl adjacent to an activating group) is 1. The molecule has 0 spiro atoms. The molecular weight excluding hydrogens is 690 g/mol. The highest BCUT2D eigenvalue weighted by Gasteiger charge is 2.43. The number of nitrogens with zero attached hydrogens (tertiary/aromatic N) is 5. The third kappa shape index (κ3) is 7.97. The van der Waals surface area contributed by atoms with Crippen LogP contribution in [0.15, 0.2) is 72.6 Å². The normalized spacial score (nSPS) is 12.9. The molecule has 2 atom stereocenters. The summed E-state index contributed by atoms with van der Waals surface area (Å²) >= 11 is 1.32. The van der Waals surface area contributed by atoms with Crippen LogP contribution >= 0.6 is 11.3 Å². The summed E-state index contributed by atoms with van der Waals surface area (Å²) in [5.74, 6) is -2.20. The van der Waals surface area contributed by atoms with E-state index in [0.717, 1.165) is 34.4 Å². The third-order valence-electron chi connectivity index (χ3n) is 7.77. The molecular formula is C34H33BrF2N6O3S. The van der Waals surface area contributed by atoms with Gasteiger partial charge < -0.3 is 32.1 Å². The minimum Gasteiger partial charge on any atom is -1.00 e. The summed E-state index contributed by atoms with van der Waals surface area (Å²) in [5, 5.41) is 31.0. The van der Waals surface area contributed by atoms with Crippen LogP contribution < -0.4 is 31.6 Å². The molecule has 0 amide bonds. The number of esters is 1. The fraction of sp³-hybridized carbons (Fsp3) is 0.265. The number of halogens is 3. The average Bonchev–Trinajstić information content (AvgIpc) is 3.68. The lowest BCUT2D eigenvalue weighted by molar-refractivity contribution is -0.689. The molecule has 0 bridgehead atoms. The van der Waals surface area contributed by atoms with Crippen LogP contribution in [-0.4, -0.2) is 39.4 Å². The van der Waals surface area contributed by atoms with Crippen molar-refractivity contribution in [3.63, 3.8) is 0 Å². The Morgan fingerprint density at radius 3 is 2.51 bits per heavy atom. The Labute approximate surface area is 285 Å². The van der Waals surface area contributed by atoms with Gasteiger partial charge in [-0.15, -0.1) is 16.0 Å². The molecule has 0 saturated carbocycles. The molecule has 5 rings (SSSR count). The molecule has 2 heterocycles. The number of benzene rings is 3. The molecule has 244 valence electrons. The Kier molecular flexibility index (Phi) is 11.4. The van der Waals surface area contributed by atoms with Crippen molar-refractivity contribution in [2.75, 3.05) is 13.6 Å². The first kappa shape index (κ1) is 35.5. The zero-order valence-corrected chi connectivity index (χ0v) is 28.6. The number of aromatic nitrogens is 4. The van der Waals surface area contributed by atoms with Crippen molar-refractivity contribution in [1.82, 2.24) is 20.1 Å². The molecule has 0 saturated heterocycles. The number of nitriles is 1. The van der Waals surface area contributed by atoms with Crippen molar-refractivity contribution in [1.29, 1.82) is 5.26 Å². The lowest BCUT2D eigenvalue weighted by Crippen LogP contribution is -3.00. The first-order valence-electron chi connectivity index (χ1n) is 14.5. The molecule has 0 unspecified atom stereocenters. The van der Waals surface area contributed by atoms with E-state index in [0.29, 0.717) is 28.6 Å². The summed E-state index contributed by atoms with van der Waals surface area (Å²) in [5.41, 5.74) is 2.62. The van der Waals surface area contributed by atoms with Crippen molar-refractivity contribution >= 4 is 17.3 Å². The summed E-state index contributed by atoms with van der Waals surface area (Å²) in [4.78, 5) is 16.7. The van der Waals surface area contributed by atoms with E-state index in [4.69, 9.17) is 15.0 Å². The van der Waals surface area contributed by atoms with Gasteiger partial charge in [-0.3, -0.25) is 4.79 Å². The van der Waals surface area contributed by atoms with Crippen molar-refractivity contribution in [3.8, 4) is 23.1 Å². The van der Waals surface area contributed by atoms with Gasteiger partial charge in [0.25, 0.3) is 6.33 Å². The molecule has 2 aromatic heterocycles. The van der Waals surface area contributed by atoms with E-state index < -0.39 is 23.2 Å². The topological polar surface area (TPSA) is 117 Å². The molecule has 0 fully saturated rings. The summed E-state index contributed by atoms with van der Waals surface area (Å²) in [7, 11) is 1.67. The van der Waals surface area contributed by atoms with Crippen LogP contribution in [-0.2, 0) is 23.5 Å². The molecule has 2 N–H and O–H groups in total. The van der Waals surface area contributed by atoms with Gasteiger partial charge in [-0.2, -0.15) is 5.26 Å². The molecule has 47 heavy (non-hydrogen) atoms. The van der Waals surface area contributed by atoms with Crippen molar-refractivity contribution in [2.24, 2.45) is 0 Å². The highest BCUT2D eigenvalue weighted by Crippen LogP contribution is 2.41. The second-order valence-electron chi connectivity index (χ2n) is 11.2. The second kappa shape index (κ2) is 15.0. The standard InChI is InChI=1S/C34H33F2N6O3S.BrH/c1-21-11-25(12-22(2)32(21)45-31(43)15-38-4)16-41-19-39-42(20-41)18-34(44,28-10-9-27(35)13-29(28)36)23(3)33-40-30(17-46-33)26-7-5-24(14-37)6-8-26;/h5-13,17,19-20,23,38,44H,15-16,18H2,1-4H3;1H/q+1;/p-1/t23-,34+;/m0./s1. The van der Waals surface area contributed by atoms with Gasteiger partial charge in [0.15, 0.2) is 0 Å². The third-order valence-corrected chi connectivity index (χ3v) is 8.80.